The SMILES string of the molecule is CNC(C)(CN1CCCC(C(C)C)CC1)C(=O)OC. The number of likely N-dealkylation sites (tertiary alicyclic amines) is 1. The lowest BCUT2D eigenvalue weighted by Gasteiger charge is -2.32. The number of nitrogens with zero attached hydrogens (tertiary/aromatic N) is 1. The zero-order chi connectivity index (χ0) is 14.5. The quantitative estimate of drug-likeness (QED) is 0.775. The van der Waals surface area contributed by atoms with Crippen molar-refractivity contribution in [1.82, 2.24) is 10.2 Å². The van der Waals surface area contributed by atoms with Crippen LogP contribution in [-0.2, 0) is 9.53 Å². The van der Waals surface area contributed by atoms with Crippen LogP contribution in [-0.4, -0.2) is 50.2 Å². The van der Waals surface area contributed by atoms with E-state index in [0.29, 0.717) is 0 Å². The van der Waals surface area contributed by atoms with Crippen LogP contribution in [0.15, 0.2) is 0 Å². The van der Waals surface area contributed by atoms with Crippen molar-refractivity contribution in [1.29, 1.82) is 0 Å². The van der Waals surface area contributed by atoms with E-state index in [0.717, 1.165) is 31.5 Å². The molecular weight excluding hydrogens is 240 g/mol. The van der Waals surface area contributed by atoms with Crippen LogP contribution in [0.1, 0.15) is 40.0 Å². The summed E-state index contributed by atoms with van der Waals surface area (Å²) in [6.07, 6.45) is 3.77. The van der Waals surface area contributed by atoms with E-state index in [1.807, 2.05) is 14.0 Å². The van der Waals surface area contributed by atoms with Crippen LogP contribution < -0.4 is 5.32 Å². The monoisotopic (exact) mass is 270 g/mol. The molecule has 4 heteroatoms. The van der Waals surface area contributed by atoms with Crippen molar-refractivity contribution in [2.75, 3.05) is 33.8 Å². The van der Waals surface area contributed by atoms with E-state index >= 15 is 0 Å². The molecule has 1 N–H and O–H groups in total. The molecule has 0 saturated carbocycles. The molecule has 0 spiro atoms. The molecule has 1 aliphatic rings. The lowest BCUT2D eigenvalue weighted by molar-refractivity contribution is -0.148. The van der Waals surface area contributed by atoms with Crippen molar-refractivity contribution in [2.45, 2.75) is 45.6 Å². The first kappa shape index (κ1) is 16.4. The molecule has 112 valence electrons. The third kappa shape index (κ3) is 4.46. The third-order valence-corrected chi connectivity index (χ3v) is 4.54. The fraction of sp³-hybridized carbons (Fsp3) is 0.933. The molecular formula is C15H30N2O2. The molecule has 1 fully saturated rings. The van der Waals surface area contributed by atoms with E-state index in [9.17, 15) is 4.79 Å². The van der Waals surface area contributed by atoms with Crippen LogP contribution in [0.5, 0.6) is 0 Å². The summed E-state index contributed by atoms with van der Waals surface area (Å²) < 4.78 is 4.91. The molecule has 0 aromatic carbocycles. The molecule has 2 unspecified atom stereocenters. The number of ether oxygens (including phenoxy) is 1. The van der Waals surface area contributed by atoms with Crippen molar-refractivity contribution < 1.29 is 9.53 Å². The highest BCUT2D eigenvalue weighted by Gasteiger charge is 2.35. The van der Waals surface area contributed by atoms with Gasteiger partial charge in [-0.2, -0.15) is 0 Å². The van der Waals surface area contributed by atoms with E-state index < -0.39 is 5.54 Å². The summed E-state index contributed by atoms with van der Waals surface area (Å²) >= 11 is 0. The van der Waals surface area contributed by atoms with E-state index in [4.69, 9.17) is 4.74 Å². The largest absolute Gasteiger partial charge is 0.468 e. The Balaban J connectivity index is 2.59. The van der Waals surface area contributed by atoms with Gasteiger partial charge in [-0.1, -0.05) is 13.8 Å². The molecule has 19 heavy (non-hydrogen) atoms. The fourth-order valence-corrected chi connectivity index (χ4v) is 2.92. The van der Waals surface area contributed by atoms with Crippen LogP contribution in [0, 0.1) is 11.8 Å². The molecule has 0 aromatic heterocycles. The zero-order valence-corrected chi connectivity index (χ0v) is 13.2. The van der Waals surface area contributed by atoms with Gasteiger partial charge in [0.1, 0.15) is 5.54 Å². The van der Waals surface area contributed by atoms with Gasteiger partial charge in [-0.3, -0.25) is 4.79 Å². The maximum Gasteiger partial charge on any atom is 0.327 e. The Morgan fingerprint density at radius 1 is 1.42 bits per heavy atom. The molecule has 0 aromatic rings. The number of carbonyl (C=O) groups is 1. The van der Waals surface area contributed by atoms with E-state index in [-0.39, 0.29) is 5.97 Å². The average Bonchev–Trinajstić information content (AvgIpc) is 2.63. The predicted octanol–water partition coefficient (Wildman–Crippen LogP) is 1.90. The minimum atomic E-state index is -0.605. The van der Waals surface area contributed by atoms with Gasteiger partial charge in [0, 0.05) is 6.54 Å². The summed E-state index contributed by atoms with van der Waals surface area (Å²) in [5.74, 6) is 1.40. The number of hydrogen-bond acceptors (Lipinski definition) is 4. The van der Waals surface area contributed by atoms with Gasteiger partial charge in [-0.15, -0.1) is 0 Å². The number of carbonyl (C=O) groups excluding carboxylic acids is 1. The third-order valence-electron chi connectivity index (χ3n) is 4.54. The minimum Gasteiger partial charge on any atom is -0.468 e. The van der Waals surface area contributed by atoms with Gasteiger partial charge >= 0.3 is 5.97 Å². The van der Waals surface area contributed by atoms with E-state index in [1.54, 1.807) is 0 Å². The van der Waals surface area contributed by atoms with Crippen molar-refractivity contribution in [3.05, 3.63) is 0 Å². The molecule has 1 rings (SSSR count). The summed E-state index contributed by atoms with van der Waals surface area (Å²) in [5.41, 5.74) is -0.605. The normalized spacial score (nSPS) is 24.8. The molecule has 1 saturated heterocycles. The van der Waals surface area contributed by atoms with Crippen LogP contribution in [0.3, 0.4) is 0 Å². The van der Waals surface area contributed by atoms with Crippen molar-refractivity contribution in [3.8, 4) is 0 Å². The second-order valence-electron chi connectivity index (χ2n) is 6.28. The van der Waals surface area contributed by atoms with Gasteiger partial charge in [0.25, 0.3) is 0 Å². The second kappa shape index (κ2) is 7.25. The molecule has 1 heterocycles. The lowest BCUT2D eigenvalue weighted by Crippen LogP contribution is -2.56. The number of esters is 1. The smallest absolute Gasteiger partial charge is 0.327 e. The number of hydrogen-bond donors (Lipinski definition) is 1. The van der Waals surface area contributed by atoms with Crippen LogP contribution in [0.2, 0.25) is 0 Å². The minimum absolute atomic E-state index is 0.181. The maximum atomic E-state index is 11.9. The highest BCUT2D eigenvalue weighted by molar-refractivity contribution is 5.80. The van der Waals surface area contributed by atoms with Crippen molar-refractivity contribution in [2.24, 2.45) is 11.8 Å². The lowest BCUT2D eigenvalue weighted by atomic mass is 9.89. The Morgan fingerprint density at radius 2 is 2.11 bits per heavy atom. The Bertz CT molecular complexity index is 294. The van der Waals surface area contributed by atoms with Crippen molar-refractivity contribution in [3.63, 3.8) is 0 Å². The van der Waals surface area contributed by atoms with Crippen LogP contribution in [0.4, 0.5) is 0 Å². The van der Waals surface area contributed by atoms with Gasteiger partial charge in [-0.05, 0) is 58.2 Å². The summed E-state index contributed by atoms with van der Waals surface area (Å²) in [5, 5.41) is 3.11. The predicted molar refractivity (Wildman–Crippen MR) is 78.1 cm³/mol. The van der Waals surface area contributed by atoms with Crippen LogP contribution >= 0.6 is 0 Å². The molecule has 0 aliphatic carbocycles. The summed E-state index contributed by atoms with van der Waals surface area (Å²) in [6.45, 7) is 9.43. The Morgan fingerprint density at radius 3 is 2.63 bits per heavy atom. The molecule has 0 amide bonds. The number of nitrogens with one attached hydrogen (secondary N) is 1. The molecule has 1 aliphatic heterocycles. The summed E-state index contributed by atoms with van der Waals surface area (Å²) in [4.78, 5) is 14.3. The molecule has 0 radical (unpaired) electrons. The molecule has 0 bridgehead atoms. The Labute approximate surface area is 117 Å². The van der Waals surface area contributed by atoms with Crippen molar-refractivity contribution >= 4 is 5.97 Å². The zero-order valence-electron chi connectivity index (χ0n) is 13.2. The van der Waals surface area contributed by atoms with E-state index in [1.165, 1.54) is 26.4 Å². The first-order valence-electron chi connectivity index (χ1n) is 7.42. The topological polar surface area (TPSA) is 41.6 Å². The first-order chi connectivity index (χ1) is 8.92. The molecule has 2 atom stereocenters. The highest BCUT2D eigenvalue weighted by Crippen LogP contribution is 2.25. The Hall–Kier alpha value is -0.610. The van der Waals surface area contributed by atoms with E-state index in [2.05, 4.69) is 24.1 Å². The standard InChI is InChI=1S/C15H30N2O2/c1-12(2)13-7-6-9-17(10-8-13)11-15(3,16-4)14(18)19-5/h12-13,16H,6-11H2,1-5H3. The summed E-state index contributed by atoms with van der Waals surface area (Å²) in [7, 11) is 3.28. The summed E-state index contributed by atoms with van der Waals surface area (Å²) in [6, 6.07) is 0. The number of rotatable bonds is 5. The van der Waals surface area contributed by atoms with Crippen LogP contribution in [0.25, 0.3) is 0 Å². The molecule has 4 nitrogen and oxygen atoms in total. The number of methoxy groups -OCH3 is 1. The maximum absolute atomic E-state index is 11.9. The highest BCUT2D eigenvalue weighted by atomic mass is 16.5. The Kier molecular flexibility index (Phi) is 6.27. The fourth-order valence-electron chi connectivity index (χ4n) is 2.92. The van der Waals surface area contributed by atoms with Gasteiger partial charge in [-0.25, -0.2) is 0 Å². The van der Waals surface area contributed by atoms with Gasteiger partial charge in [0.05, 0.1) is 7.11 Å². The first-order valence-corrected chi connectivity index (χ1v) is 7.42. The van der Waals surface area contributed by atoms with Gasteiger partial charge in [0.15, 0.2) is 0 Å². The van der Waals surface area contributed by atoms with Gasteiger partial charge in [0.2, 0.25) is 0 Å². The average molecular weight is 270 g/mol. The van der Waals surface area contributed by atoms with Gasteiger partial charge < -0.3 is 15.0 Å². The second-order valence-corrected chi connectivity index (χ2v) is 6.28. The number of likely N-dealkylation sites (N-methyl/N-ethyl adjacent to an activating group) is 1.